The maximum atomic E-state index is 6.03. The van der Waals surface area contributed by atoms with Crippen molar-refractivity contribution in [2.24, 2.45) is 0 Å². The summed E-state index contributed by atoms with van der Waals surface area (Å²) in [6.07, 6.45) is 0.921. The zero-order chi connectivity index (χ0) is 13.9. The van der Waals surface area contributed by atoms with Crippen molar-refractivity contribution < 1.29 is 4.42 Å². The molecule has 0 saturated heterocycles. The van der Waals surface area contributed by atoms with Gasteiger partial charge in [0.15, 0.2) is 5.76 Å². The molecule has 0 atom stereocenters. The number of aromatic nitrogens is 2. The zero-order valence-electron chi connectivity index (χ0n) is 11.6. The maximum absolute atomic E-state index is 6.03. The van der Waals surface area contributed by atoms with E-state index in [1.807, 2.05) is 18.2 Å². The van der Waals surface area contributed by atoms with Crippen molar-refractivity contribution in [3.8, 4) is 11.5 Å². The van der Waals surface area contributed by atoms with Gasteiger partial charge in [-0.25, -0.2) is 0 Å². The van der Waals surface area contributed by atoms with Gasteiger partial charge in [-0.3, -0.25) is 0 Å². The van der Waals surface area contributed by atoms with E-state index in [9.17, 15) is 0 Å². The van der Waals surface area contributed by atoms with E-state index >= 15 is 0 Å². The molecule has 0 radical (unpaired) electrons. The number of nitrogens with one attached hydrogen (secondary N) is 1. The molecule has 0 amide bonds. The van der Waals surface area contributed by atoms with Crippen LogP contribution in [0, 0.1) is 0 Å². The second-order valence-electron chi connectivity index (χ2n) is 4.58. The van der Waals surface area contributed by atoms with Crippen LogP contribution in [-0.2, 0) is 13.0 Å². The van der Waals surface area contributed by atoms with Crippen LogP contribution in [0.1, 0.15) is 24.3 Å². The zero-order valence-corrected chi connectivity index (χ0v) is 12.5. The molecule has 4 nitrogen and oxygen atoms in total. The van der Waals surface area contributed by atoms with Crippen molar-refractivity contribution in [3.63, 3.8) is 0 Å². The Bertz CT molecular complexity index is 717. The van der Waals surface area contributed by atoms with Crippen LogP contribution in [0.4, 0.5) is 0 Å². The molecule has 0 saturated carbocycles. The Morgan fingerprint density at radius 2 is 2.10 bits per heavy atom. The van der Waals surface area contributed by atoms with Crippen molar-refractivity contribution in [2.45, 2.75) is 26.8 Å². The minimum absolute atomic E-state index is 0.781. The number of rotatable bonds is 5. The van der Waals surface area contributed by atoms with E-state index in [1.165, 1.54) is 22.5 Å². The quantitative estimate of drug-likeness (QED) is 0.778. The molecule has 0 spiro atoms. The fourth-order valence-corrected chi connectivity index (χ4v) is 2.98. The largest absolute Gasteiger partial charge is 0.454 e. The third-order valence-electron chi connectivity index (χ3n) is 3.36. The average molecular weight is 287 g/mol. The van der Waals surface area contributed by atoms with Crippen LogP contribution in [0.3, 0.4) is 0 Å². The lowest BCUT2D eigenvalue weighted by Crippen LogP contribution is -2.11. The summed E-state index contributed by atoms with van der Waals surface area (Å²) in [5, 5.41) is 8.77. The van der Waals surface area contributed by atoms with Gasteiger partial charge in [0.2, 0.25) is 0 Å². The van der Waals surface area contributed by atoms with E-state index in [1.54, 1.807) is 0 Å². The van der Waals surface area contributed by atoms with Crippen LogP contribution in [0.15, 0.2) is 28.7 Å². The van der Waals surface area contributed by atoms with Crippen LogP contribution in [-0.4, -0.2) is 16.1 Å². The maximum Gasteiger partial charge on any atom is 0.160 e. The summed E-state index contributed by atoms with van der Waals surface area (Å²) in [4.78, 5) is 1.13. The van der Waals surface area contributed by atoms with Gasteiger partial charge in [0.05, 0.1) is 4.88 Å². The summed E-state index contributed by atoms with van der Waals surface area (Å²) in [5.41, 5.74) is 3.01. The highest BCUT2D eigenvalue weighted by Crippen LogP contribution is 2.35. The average Bonchev–Trinajstić information content (AvgIpc) is 3.08. The van der Waals surface area contributed by atoms with E-state index in [-0.39, 0.29) is 0 Å². The minimum Gasteiger partial charge on any atom is -0.454 e. The van der Waals surface area contributed by atoms with E-state index < -0.39 is 0 Å². The van der Waals surface area contributed by atoms with Crippen LogP contribution >= 0.6 is 11.5 Å². The lowest BCUT2D eigenvalue weighted by molar-refractivity contribution is 0.621. The van der Waals surface area contributed by atoms with Crippen LogP contribution in [0.5, 0.6) is 0 Å². The predicted molar refractivity (Wildman–Crippen MR) is 81.9 cm³/mol. The van der Waals surface area contributed by atoms with Crippen molar-refractivity contribution in [3.05, 3.63) is 34.7 Å². The van der Waals surface area contributed by atoms with Crippen molar-refractivity contribution in [1.82, 2.24) is 14.9 Å². The Balaban J connectivity index is 2.12. The molecule has 0 aliphatic rings. The smallest absolute Gasteiger partial charge is 0.160 e. The second kappa shape index (κ2) is 5.73. The number of para-hydroxylation sites is 1. The highest BCUT2D eigenvalue weighted by molar-refractivity contribution is 7.05. The fourth-order valence-electron chi connectivity index (χ4n) is 2.38. The van der Waals surface area contributed by atoms with E-state index in [2.05, 4.69) is 34.8 Å². The predicted octanol–water partition coefficient (Wildman–Crippen LogP) is 3.62. The number of hydrogen-bond donors (Lipinski definition) is 1. The van der Waals surface area contributed by atoms with Gasteiger partial charge >= 0.3 is 0 Å². The lowest BCUT2D eigenvalue weighted by atomic mass is 10.1. The normalized spacial score (nSPS) is 11.3. The van der Waals surface area contributed by atoms with Crippen molar-refractivity contribution in [1.29, 1.82) is 0 Å². The molecule has 0 bridgehead atoms. The summed E-state index contributed by atoms with van der Waals surface area (Å²) < 4.78 is 10.1. The van der Waals surface area contributed by atoms with Crippen LogP contribution in [0.2, 0.25) is 0 Å². The van der Waals surface area contributed by atoms with Gasteiger partial charge in [0, 0.05) is 17.5 Å². The first kappa shape index (κ1) is 13.3. The number of benzene rings is 1. The molecule has 3 aromatic rings. The van der Waals surface area contributed by atoms with Crippen molar-refractivity contribution >= 4 is 22.5 Å². The first-order valence-corrected chi connectivity index (χ1v) is 7.65. The third kappa shape index (κ3) is 2.23. The Labute approximate surface area is 122 Å². The minimum atomic E-state index is 0.781. The first-order chi connectivity index (χ1) is 9.85. The molecule has 0 unspecified atom stereocenters. The monoisotopic (exact) mass is 287 g/mol. The number of nitrogens with zero attached hydrogens (tertiary/aromatic N) is 2. The third-order valence-corrected chi connectivity index (χ3v) is 4.08. The van der Waals surface area contributed by atoms with Crippen molar-refractivity contribution in [2.75, 3.05) is 6.54 Å². The van der Waals surface area contributed by atoms with Crippen LogP contribution in [0.25, 0.3) is 22.4 Å². The Morgan fingerprint density at radius 3 is 2.90 bits per heavy atom. The molecular formula is C15H17N3OS. The molecular weight excluding hydrogens is 270 g/mol. The Kier molecular flexibility index (Phi) is 3.80. The van der Waals surface area contributed by atoms with Gasteiger partial charge in [-0.05, 0) is 30.6 Å². The highest BCUT2D eigenvalue weighted by Gasteiger charge is 2.19. The molecule has 1 aromatic carbocycles. The summed E-state index contributed by atoms with van der Waals surface area (Å²) in [6, 6.07) is 8.14. The van der Waals surface area contributed by atoms with Gasteiger partial charge in [-0.1, -0.05) is 36.5 Å². The molecule has 0 aliphatic carbocycles. The molecule has 3 rings (SSSR count). The molecule has 104 valence electrons. The van der Waals surface area contributed by atoms with E-state index in [0.29, 0.717) is 0 Å². The van der Waals surface area contributed by atoms with E-state index in [0.717, 1.165) is 41.4 Å². The molecule has 2 aromatic heterocycles. The molecule has 1 N–H and O–H groups in total. The number of furan rings is 1. The van der Waals surface area contributed by atoms with E-state index in [4.69, 9.17) is 4.42 Å². The standard InChI is InChI=1S/C15H17N3OS/c1-3-10-11-7-5-6-8-12(11)19-15(10)14-13(9-16-4-2)20-18-17-14/h5-8,16H,3-4,9H2,1-2H3. The Hall–Kier alpha value is -1.72. The molecule has 5 heteroatoms. The Morgan fingerprint density at radius 1 is 1.25 bits per heavy atom. The SMILES string of the molecule is CCNCc1snnc1-c1oc2ccccc2c1CC. The second-order valence-corrected chi connectivity index (χ2v) is 5.42. The summed E-state index contributed by atoms with van der Waals surface area (Å²) in [5.74, 6) is 0.871. The summed E-state index contributed by atoms with van der Waals surface area (Å²) in [7, 11) is 0. The number of hydrogen-bond acceptors (Lipinski definition) is 5. The highest BCUT2D eigenvalue weighted by atomic mass is 32.1. The molecule has 20 heavy (non-hydrogen) atoms. The number of fused-ring (bicyclic) bond motifs is 1. The first-order valence-electron chi connectivity index (χ1n) is 6.87. The summed E-state index contributed by atoms with van der Waals surface area (Å²) >= 11 is 1.43. The summed E-state index contributed by atoms with van der Waals surface area (Å²) in [6.45, 7) is 5.94. The molecule has 0 aliphatic heterocycles. The molecule has 2 heterocycles. The van der Waals surface area contributed by atoms with Crippen LogP contribution < -0.4 is 5.32 Å². The van der Waals surface area contributed by atoms with Gasteiger partial charge in [-0.2, -0.15) is 0 Å². The molecule has 0 fully saturated rings. The van der Waals surface area contributed by atoms with Gasteiger partial charge in [0.1, 0.15) is 11.3 Å². The number of aryl methyl sites for hydroxylation is 1. The lowest BCUT2D eigenvalue weighted by Gasteiger charge is -2.01. The fraction of sp³-hybridized carbons (Fsp3) is 0.333. The van der Waals surface area contributed by atoms with Gasteiger partial charge in [-0.15, -0.1) is 5.10 Å². The van der Waals surface area contributed by atoms with Gasteiger partial charge < -0.3 is 9.73 Å². The van der Waals surface area contributed by atoms with Gasteiger partial charge in [0.25, 0.3) is 0 Å². The topological polar surface area (TPSA) is 51.0 Å².